The molecule has 0 saturated carbocycles. The van der Waals surface area contributed by atoms with Crippen LogP contribution in [0.25, 0.3) is 0 Å². The van der Waals surface area contributed by atoms with E-state index in [-0.39, 0.29) is 47.0 Å². The minimum atomic E-state index is -0.604. The molecule has 2 aliphatic rings. The van der Waals surface area contributed by atoms with Crippen molar-refractivity contribution in [3.8, 4) is 0 Å². The van der Waals surface area contributed by atoms with Crippen molar-refractivity contribution in [2.45, 2.75) is 50.4 Å². The van der Waals surface area contributed by atoms with Gasteiger partial charge in [-0.05, 0) is 31.7 Å². The minimum absolute atomic E-state index is 0.00750. The molecule has 3 atom stereocenters. The molecule has 3 rings (SSSR count). The molecule has 178 valence electrons. The zero-order chi connectivity index (χ0) is 23.1. The highest BCUT2D eigenvalue weighted by Gasteiger charge is 2.31. The summed E-state index contributed by atoms with van der Waals surface area (Å²) in [5.41, 5.74) is 4.85. The number of H-pyrrole nitrogens is 1. The Morgan fingerprint density at radius 3 is 2.91 bits per heavy atom. The predicted molar refractivity (Wildman–Crippen MR) is 119 cm³/mol. The van der Waals surface area contributed by atoms with Gasteiger partial charge in [-0.2, -0.15) is 0 Å². The predicted octanol–water partition coefficient (Wildman–Crippen LogP) is 0.932. The average molecular weight is 471 g/mol. The number of nitrogens with two attached hydrogens (primary N) is 1. The fraction of sp³-hybridized carbons (Fsp3) is 0.667. The van der Waals surface area contributed by atoms with Crippen LogP contribution in [-0.4, -0.2) is 80.0 Å². The average Bonchev–Trinajstić information content (AvgIpc) is 2.79. The van der Waals surface area contributed by atoms with Crippen molar-refractivity contribution in [1.82, 2.24) is 15.2 Å². The molecule has 0 aromatic carbocycles. The monoisotopic (exact) mass is 470 g/mol. The Morgan fingerprint density at radius 1 is 1.38 bits per heavy atom. The summed E-state index contributed by atoms with van der Waals surface area (Å²) in [6.07, 6.45) is 3.69. The van der Waals surface area contributed by atoms with E-state index in [2.05, 4.69) is 15.2 Å². The highest BCUT2D eigenvalue weighted by Crippen LogP contribution is 2.17. The van der Waals surface area contributed by atoms with Gasteiger partial charge in [0.05, 0.1) is 29.7 Å². The van der Waals surface area contributed by atoms with Crippen molar-refractivity contribution < 1.29 is 23.8 Å². The number of methoxy groups -OCH3 is 1. The molecule has 1 unspecified atom stereocenters. The van der Waals surface area contributed by atoms with Crippen LogP contribution in [0.2, 0.25) is 5.02 Å². The number of rotatable bonds is 8. The number of hydrogen-bond acceptors (Lipinski definition) is 8. The van der Waals surface area contributed by atoms with E-state index >= 15 is 0 Å². The first kappa shape index (κ1) is 24.5. The van der Waals surface area contributed by atoms with Gasteiger partial charge in [-0.25, -0.2) is 0 Å². The minimum Gasteiger partial charge on any atom is -0.463 e. The fourth-order valence-electron chi connectivity index (χ4n) is 3.97. The van der Waals surface area contributed by atoms with Gasteiger partial charge in [-0.15, -0.1) is 0 Å². The number of carbonyl (C=O) groups is 2. The Labute approximate surface area is 191 Å². The third-order valence-corrected chi connectivity index (χ3v) is 6.18. The molecule has 1 aromatic heterocycles. The molecule has 0 bridgehead atoms. The second-order valence-electron chi connectivity index (χ2n) is 8.14. The van der Waals surface area contributed by atoms with E-state index in [0.29, 0.717) is 32.7 Å². The standard InChI is InChI=1S/C21H31ClN4O6/c1-30-17-11-26(8-6-18(27)32-12-13-4-2-3-9-31-13)7-5-16(17)24-20(28)14-10-15(22)19(23)25-21(14)29/h10,13,16-17H,2-9,11-12H2,1H3,(H,24,28)(H3,23,25,29)/t13?,16-,17+/m0/s1. The van der Waals surface area contributed by atoms with Crippen LogP contribution in [0.4, 0.5) is 5.82 Å². The van der Waals surface area contributed by atoms with Crippen LogP contribution in [0.15, 0.2) is 10.9 Å². The number of esters is 1. The third-order valence-electron chi connectivity index (χ3n) is 5.86. The molecule has 0 radical (unpaired) electrons. The maximum absolute atomic E-state index is 12.6. The molecule has 11 heteroatoms. The quantitative estimate of drug-likeness (QED) is 0.477. The Balaban J connectivity index is 1.45. The number of hydrogen-bond donors (Lipinski definition) is 3. The summed E-state index contributed by atoms with van der Waals surface area (Å²) in [6.45, 7) is 2.79. The first-order chi connectivity index (χ1) is 15.4. The molecule has 0 spiro atoms. The van der Waals surface area contributed by atoms with Crippen molar-refractivity contribution >= 4 is 29.3 Å². The van der Waals surface area contributed by atoms with E-state index in [0.717, 1.165) is 25.9 Å². The summed E-state index contributed by atoms with van der Waals surface area (Å²) in [5.74, 6) is -0.772. The lowest BCUT2D eigenvalue weighted by atomic mass is 10.0. The molecule has 10 nitrogen and oxygen atoms in total. The van der Waals surface area contributed by atoms with Gasteiger partial charge in [0.2, 0.25) is 0 Å². The molecule has 0 aliphatic carbocycles. The SMILES string of the molecule is CO[C@@H]1CN(CCC(=O)OCC2CCCCO2)CC[C@@H]1NC(=O)c1cc(Cl)c(N)[nH]c1=O. The zero-order valence-corrected chi connectivity index (χ0v) is 19.0. The smallest absolute Gasteiger partial charge is 0.307 e. The summed E-state index contributed by atoms with van der Waals surface area (Å²) >= 11 is 5.92. The van der Waals surface area contributed by atoms with Gasteiger partial charge in [-0.3, -0.25) is 14.4 Å². The number of pyridine rings is 1. The van der Waals surface area contributed by atoms with E-state index in [1.165, 1.54) is 6.07 Å². The number of ether oxygens (including phenoxy) is 3. The van der Waals surface area contributed by atoms with Gasteiger partial charge in [-0.1, -0.05) is 11.6 Å². The van der Waals surface area contributed by atoms with Gasteiger partial charge in [0.1, 0.15) is 18.0 Å². The number of anilines is 1. The van der Waals surface area contributed by atoms with Gasteiger partial charge in [0.15, 0.2) is 0 Å². The second-order valence-corrected chi connectivity index (χ2v) is 8.55. The van der Waals surface area contributed by atoms with Crippen LogP contribution in [-0.2, 0) is 19.0 Å². The molecule has 2 aliphatic heterocycles. The van der Waals surface area contributed by atoms with Gasteiger partial charge < -0.3 is 35.1 Å². The normalized spacial score (nSPS) is 24.1. The lowest BCUT2D eigenvalue weighted by Crippen LogP contribution is -2.55. The number of aromatic amines is 1. The lowest BCUT2D eigenvalue weighted by molar-refractivity contribution is -0.149. The van der Waals surface area contributed by atoms with E-state index in [1.54, 1.807) is 7.11 Å². The summed E-state index contributed by atoms with van der Waals surface area (Å²) in [5, 5.41) is 2.96. The molecular weight excluding hydrogens is 440 g/mol. The zero-order valence-electron chi connectivity index (χ0n) is 18.2. The topological polar surface area (TPSA) is 136 Å². The number of piperidine rings is 1. The Hall–Kier alpha value is -2.14. The van der Waals surface area contributed by atoms with E-state index < -0.39 is 11.5 Å². The number of nitrogens with zero attached hydrogens (tertiary/aromatic N) is 1. The summed E-state index contributed by atoms with van der Waals surface area (Å²) in [7, 11) is 1.57. The lowest BCUT2D eigenvalue weighted by Gasteiger charge is -2.37. The second kappa shape index (κ2) is 11.6. The highest BCUT2D eigenvalue weighted by molar-refractivity contribution is 6.33. The number of nitrogens with one attached hydrogen (secondary N) is 2. The van der Waals surface area contributed by atoms with Crippen molar-refractivity contribution in [3.05, 3.63) is 27.0 Å². The number of likely N-dealkylation sites (tertiary alicyclic amines) is 1. The van der Waals surface area contributed by atoms with Crippen LogP contribution >= 0.6 is 11.6 Å². The van der Waals surface area contributed by atoms with Crippen LogP contribution in [0.5, 0.6) is 0 Å². The maximum Gasteiger partial charge on any atom is 0.307 e. The van der Waals surface area contributed by atoms with E-state index in [9.17, 15) is 14.4 Å². The van der Waals surface area contributed by atoms with Crippen molar-refractivity contribution in [2.75, 3.05) is 45.7 Å². The van der Waals surface area contributed by atoms with Gasteiger partial charge in [0, 0.05) is 33.4 Å². The molecule has 3 heterocycles. The number of halogens is 1. The van der Waals surface area contributed by atoms with Crippen LogP contribution in [0.1, 0.15) is 42.5 Å². The van der Waals surface area contributed by atoms with Gasteiger partial charge >= 0.3 is 5.97 Å². The third kappa shape index (κ3) is 6.68. The maximum atomic E-state index is 12.6. The van der Waals surface area contributed by atoms with E-state index in [1.807, 2.05) is 0 Å². The fourth-order valence-corrected chi connectivity index (χ4v) is 4.12. The summed E-state index contributed by atoms with van der Waals surface area (Å²) in [6, 6.07) is 0.973. The molecule has 2 saturated heterocycles. The number of amides is 1. The van der Waals surface area contributed by atoms with E-state index in [4.69, 9.17) is 31.5 Å². The highest BCUT2D eigenvalue weighted by atomic mass is 35.5. The Morgan fingerprint density at radius 2 is 2.19 bits per heavy atom. The number of nitrogen functional groups attached to an aromatic ring is 1. The molecule has 1 aromatic rings. The number of carbonyl (C=O) groups excluding carboxylic acids is 2. The summed E-state index contributed by atoms with van der Waals surface area (Å²) < 4.78 is 16.5. The molecule has 32 heavy (non-hydrogen) atoms. The molecular formula is C21H31ClN4O6. The Bertz CT molecular complexity index is 857. The van der Waals surface area contributed by atoms with Crippen LogP contribution in [0, 0.1) is 0 Å². The number of aromatic nitrogens is 1. The first-order valence-corrected chi connectivity index (χ1v) is 11.3. The molecule has 1 amide bonds. The largest absolute Gasteiger partial charge is 0.463 e. The van der Waals surface area contributed by atoms with Crippen LogP contribution in [0.3, 0.4) is 0 Å². The molecule has 4 N–H and O–H groups in total. The van der Waals surface area contributed by atoms with Crippen molar-refractivity contribution in [1.29, 1.82) is 0 Å². The van der Waals surface area contributed by atoms with Crippen molar-refractivity contribution in [3.63, 3.8) is 0 Å². The van der Waals surface area contributed by atoms with Gasteiger partial charge in [0.25, 0.3) is 11.5 Å². The Kier molecular flexibility index (Phi) is 8.92. The van der Waals surface area contributed by atoms with Crippen molar-refractivity contribution in [2.24, 2.45) is 0 Å². The molecule has 2 fully saturated rings. The van der Waals surface area contributed by atoms with Crippen LogP contribution < -0.4 is 16.6 Å². The first-order valence-electron chi connectivity index (χ1n) is 10.9. The summed E-state index contributed by atoms with van der Waals surface area (Å²) in [4.78, 5) is 41.2.